The lowest BCUT2D eigenvalue weighted by atomic mass is 9.97. The van der Waals surface area contributed by atoms with E-state index in [0.29, 0.717) is 5.92 Å². The molecule has 1 unspecified atom stereocenters. The summed E-state index contributed by atoms with van der Waals surface area (Å²) in [5.74, 6) is 1.62. The van der Waals surface area contributed by atoms with Gasteiger partial charge in [0.05, 0.1) is 16.7 Å². The lowest BCUT2D eigenvalue weighted by Gasteiger charge is -2.31. The maximum Gasteiger partial charge on any atom is 0.111 e. The first-order valence-electron chi connectivity index (χ1n) is 7.95. The molecule has 1 aromatic carbocycles. The molecular formula is C18H20N4. The number of rotatable bonds is 3. The second-order valence-corrected chi connectivity index (χ2v) is 6.03. The van der Waals surface area contributed by atoms with Gasteiger partial charge >= 0.3 is 0 Å². The maximum absolute atomic E-state index is 4.78. The van der Waals surface area contributed by atoms with Gasteiger partial charge in [0.2, 0.25) is 0 Å². The number of nitrogens with zero attached hydrogens (tertiary/aromatic N) is 3. The Labute approximate surface area is 130 Å². The third-order valence-electron chi connectivity index (χ3n) is 4.41. The number of likely N-dealkylation sites (tertiary alicyclic amines) is 1. The zero-order valence-electron chi connectivity index (χ0n) is 12.6. The zero-order valence-corrected chi connectivity index (χ0v) is 12.6. The van der Waals surface area contributed by atoms with Crippen molar-refractivity contribution in [2.24, 2.45) is 0 Å². The van der Waals surface area contributed by atoms with E-state index in [4.69, 9.17) is 4.98 Å². The fourth-order valence-corrected chi connectivity index (χ4v) is 3.31. The molecule has 1 fully saturated rings. The summed E-state index contributed by atoms with van der Waals surface area (Å²) in [6.07, 6.45) is 4.29. The van der Waals surface area contributed by atoms with E-state index >= 15 is 0 Å². The van der Waals surface area contributed by atoms with Crippen molar-refractivity contribution in [1.82, 2.24) is 19.9 Å². The molecule has 1 aliphatic rings. The average molecular weight is 292 g/mol. The number of pyridine rings is 1. The van der Waals surface area contributed by atoms with Crippen molar-refractivity contribution in [3.05, 3.63) is 60.2 Å². The van der Waals surface area contributed by atoms with Crippen molar-refractivity contribution in [2.45, 2.75) is 25.3 Å². The molecule has 1 saturated heterocycles. The van der Waals surface area contributed by atoms with E-state index in [9.17, 15) is 0 Å². The van der Waals surface area contributed by atoms with E-state index in [1.807, 2.05) is 18.3 Å². The van der Waals surface area contributed by atoms with E-state index in [0.717, 1.165) is 42.2 Å². The van der Waals surface area contributed by atoms with Crippen LogP contribution in [0, 0.1) is 0 Å². The number of aromatic nitrogens is 3. The second kappa shape index (κ2) is 5.89. The summed E-state index contributed by atoms with van der Waals surface area (Å²) >= 11 is 0. The van der Waals surface area contributed by atoms with Gasteiger partial charge in [-0.15, -0.1) is 0 Å². The van der Waals surface area contributed by atoms with Crippen molar-refractivity contribution in [3.8, 4) is 0 Å². The van der Waals surface area contributed by atoms with E-state index in [2.05, 4.69) is 45.2 Å². The smallest absolute Gasteiger partial charge is 0.111 e. The van der Waals surface area contributed by atoms with E-state index < -0.39 is 0 Å². The SMILES string of the molecule is c1ccc(CN2CCCC(c3nc4ccccc4[nH]3)C2)nc1. The van der Waals surface area contributed by atoms with Crippen molar-refractivity contribution in [3.63, 3.8) is 0 Å². The quantitative estimate of drug-likeness (QED) is 0.805. The molecule has 1 N–H and O–H groups in total. The minimum absolute atomic E-state index is 0.491. The molecule has 0 radical (unpaired) electrons. The molecule has 3 heterocycles. The van der Waals surface area contributed by atoms with Gasteiger partial charge in [-0.3, -0.25) is 9.88 Å². The number of hydrogen-bond donors (Lipinski definition) is 1. The topological polar surface area (TPSA) is 44.8 Å². The summed E-state index contributed by atoms with van der Waals surface area (Å²) in [6.45, 7) is 3.13. The molecule has 4 rings (SSSR count). The lowest BCUT2D eigenvalue weighted by Crippen LogP contribution is -2.34. The van der Waals surface area contributed by atoms with Crippen molar-refractivity contribution in [1.29, 1.82) is 0 Å². The highest BCUT2D eigenvalue weighted by Crippen LogP contribution is 2.27. The predicted octanol–water partition coefficient (Wildman–Crippen LogP) is 3.34. The first kappa shape index (κ1) is 13.5. The average Bonchev–Trinajstić information content (AvgIpc) is 3.00. The summed E-state index contributed by atoms with van der Waals surface area (Å²) in [5.41, 5.74) is 3.35. The van der Waals surface area contributed by atoms with Gasteiger partial charge in [-0.2, -0.15) is 0 Å². The molecule has 4 heteroatoms. The summed E-state index contributed by atoms with van der Waals surface area (Å²) < 4.78 is 0. The molecule has 0 bridgehead atoms. The highest BCUT2D eigenvalue weighted by molar-refractivity contribution is 5.74. The number of nitrogens with one attached hydrogen (secondary N) is 1. The summed E-state index contributed by atoms with van der Waals surface area (Å²) in [4.78, 5) is 15.2. The van der Waals surface area contributed by atoms with Crippen molar-refractivity contribution >= 4 is 11.0 Å². The summed E-state index contributed by atoms with van der Waals surface area (Å²) in [6, 6.07) is 14.4. The van der Waals surface area contributed by atoms with E-state index in [1.54, 1.807) is 0 Å². The Morgan fingerprint density at radius 3 is 2.91 bits per heavy atom. The Hall–Kier alpha value is -2.20. The number of fused-ring (bicyclic) bond motifs is 1. The van der Waals surface area contributed by atoms with Crippen LogP contribution in [0.2, 0.25) is 0 Å². The van der Waals surface area contributed by atoms with Crippen LogP contribution in [0.3, 0.4) is 0 Å². The van der Waals surface area contributed by atoms with Crippen LogP contribution in [-0.2, 0) is 6.54 Å². The number of imidazole rings is 1. The highest BCUT2D eigenvalue weighted by Gasteiger charge is 2.24. The molecule has 1 aliphatic heterocycles. The van der Waals surface area contributed by atoms with Gasteiger partial charge in [0.15, 0.2) is 0 Å². The number of piperidine rings is 1. The molecule has 2 aromatic heterocycles. The summed E-state index contributed by atoms with van der Waals surface area (Å²) in [5, 5.41) is 0. The van der Waals surface area contributed by atoms with Gasteiger partial charge in [-0.25, -0.2) is 4.98 Å². The van der Waals surface area contributed by atoms with Crippen LogP contribution in [0.1, 0.15) is 30.3 Å². The Kier molecular flexibility index (Phi) is 3.60. The molecule has 112 valence electrons. The maximum atomic E-state index is 4.78. The van der Waals surface area contributed by atoms with Gasteiger partial charge in [-0.05, 0) is 43.7 Å². The zero-order chi connectivity index (χ0) is 14.8. The number of aromatic amines is 1. The number of H-pyrrole nitrogens is 1. The van der Waals surface area contributed by atoms with Gasteiger partial charge in [0, 0.05) is 25.2 Å². The normalized spacial score (nSPS) is 19.5. The molecule has 0 saturated carbocycles. The van der Waals surface area contributed by atoms with Crippen LogP contribution < -0.4 is 0 Å². The van der Waals surface area contributed by atoms with Crippen molar-refractivity contribution < 1.29 is 0 Å². The second-order valence-electron chi connectivity index (χ2n) is 6.03. The van der Waals surface area contributed by atoms with Gasteiger partial charge in [0.25, 0.3) is 0 Å². The number of hydrogen-bond acceptors (Lipinski definition) is 3. The molecule has 1 atom stereocenters. The van der Waals surface area contributed by atoms with Crippen LogP contribution in [0.4, 0.5) is 0 Å². The highest BCUT2D eigenvalue weighted by atomic mass is 15.1. The van der Waals surface area contributed by atoms with Crippen molar-refractivity contribution in [2.75, 3.05) is 13.1 Å². The van der Waals surface area contributed by atoms with Gasteiger partial charge < -0.3 is 4.98 Å². The molecule has 4 nitrogen and oxygen atoms in total. The standard InChI is InChI=1S/C18H20N4/c1-2-9-17-16(8-1)20-18(21-17)14-6-5-11-22(12-14)13-15-7-3-4-10-19-15/h1-4,7-10,14H,5-6,11-13H2,(H,20,21). The predicted molar refractivity (Wildman–Crippen MR) is 87.6 cm³/mol. The van der Waals surface area contributed by atoms with Crippen LogP contribution in [0.5, 0.6) is 0 Å². The van der Waals surface area contributed by atoms with Crippen LogP contribution >= 0.6 is 0 Å². The lowest BCUT2D eigenvalue weighted by molar-refractivity contribution is 0.195. The Bertz CT molecular complexity index is 717. The van der Waals surface area contributed by atoms with E-state index in [1.165, 1.54) is 12.8 Å². The Morgan fingerprint density at radius 2 is 2.05 bits per heavy atom. The molecule has 22 heavy (non-hydrogen) atoms. The molecule has 0 spiro atoms. The Balaban J connectivity index is 1.50. The first-order valence-corrected chi connectivity index (χ1v) is 7.95. The molecular weight excluding hydrogens is 272 g/mol. The van der Waals surface area contributed by atoms with Crippen LogP contribution in [0.15, 0.2) is 48.7 Å². The summed E-state index contributed by atoms with van der Waals surface area (Å²) in [7, 11) is 0. The molecule has 0 amide bonds. The third kappa shape index (κ3) is 2.74. The molecule has 0 aliphatic carbocycles. The van der Waals surface area contributed by atoms with Crippen LogP contribution in [-0.4, -0.2) is 32.9 Å². The fraction of sp³-hybridized carbons (Fsp3) is 0.333. The third-order valence-corrected chi connectivity index (χ3v) is 4.41. The number of benzene rings is 1. The van der Waals surface area contributed by atoms with E-state index in [-0.39, 0.29) is 0 Å². The largest absolute Gasteiger partial charge is 0.342 e. The van der Waals surface area contributed by atoms with Gasteiger partial charge in [-0.1, -0.05) is 18.2 Å². The minimum Gasteiger partial charge on any atom is -0.342 e. The fourth-order valence-electron chi connectivity index (χ4n) is 3.31. The Morgan fingerprint density at radius 1 is 1.14 bits per heavy atom. The first-order chi connectivity index (χ1) is 10.9. The number of para-hydroxylation sites is 2. The van der Waals surface area contributed by atoms with Crippen LogP contribution in [0.25, 0.3) is 11.0 Å². The minimum atomic E-state index is 0.491. The monoisotopic (exact) mass is 292 g/mol. The molecule has 3 aromatic rings. The van der Waals surface area contributed by atoms with Gasteiger partial charge in [0.1, 0.15) is 5.82 Å².